The van der Waals surface area contributed by atoms with Crippen molar-refractivity contribution in [3.8, 4) is 22.3 Å². The van der Waals surface area contributed by atoms with Crippen molar-refractivity contribution in [2.45, 2.75) is 110 Å². The van der Waals surface area contributed by atoms with Crippen LogP contribution in [0.15, 0.2) is 109 Å². The second-order valence-electron chi connectivity index (χ2n) is 14.6. The monoisotopic (exact) mass is 808 g/mol. The Bertz CT molecular complexity index is 1940. The quantitative estimate of drug-likeness (QED) is 0.112. The van der Waals surface area contributed by atoms with E-state index in [-0.39, 0.29) is 30.2 Å². The van der Waals surface area contributed by atoms with Crippen molar-refractivity contribution in [1.82, 2.24) is 0 Å². The average Bonchev–Trinajstić information content (AvgIpc) is 3.75. The molecule has 1 fully saturated rings. The second-order valence-corrected chi connectivity index (χ2v) is 24.0. The second kappa shape index (κ2) is 20.9. The van der Waals surface area contributed by atoms with Gasteiger partial charge in [0, 0.05) is 0 Å². The third-order valence-electron chi connectivity index (χ3n) is 10.6. The smallest absolute Gasteiger partial charge is 1.00 e. The molecule has 1 aliphatic rings. The van der Waals surface area contributed by atoms with Crippen molar-refractivity contribution < 1.29 is 48.1 Å². The zero-order valence-corrected chi connectivity index (χ0v) is 36.8. The first kappa shape index (κ1) is 43.2. The summed E-state index contributed by atoms with van der Waals surface area (Å²) < 4.78 is 0. The molecular formula is C47H56Cl2SiZr-2. The van der Waals surface area contributed by atoms with E-state index in [0.29, 0.717) is 11.8 Å². The number of fused-ring (bicyclic) bond motifs is 2. The van der Waals surface area contributed by atoms with Crippen LogP contribution in [-0.4, -0.2) is 5.43 Å². The number of rotatable bonds is 7. The Labute approximate surface area is 336 Å². The van der Waals surface area contributed by atoms with Crippen LogP contribution in [0.3, 0.4) is 0 Å². The van der Waals surface area contributed by atoms with Gasteiger partial charge in [-0.1, -0.05) is 126 Å². The molecule has 0 heterocycles. The summed E-state index contributed by atoms with van der Waals surface area (Å²) in [6.07, 6.45) is 9.35. The molecule has 6 aromatic carbocycles. The van der Waals surface area contributed by atoms with Crippen LogP contribution in [-0.2, 0) is 23.3 Å². The molecule has 0 spiro atoms. The Morgan fingerprint density at radius 2 is 1.08 bits per heavy atom. The van der Waals surface area contributed by atoms with E-state index in [1.807, 2.05) is 0 Å². The van der Waals surface area contributed by atoms with E-state index >= 15 is 0 Å². The van der Waals surface area contributed by atoms with Crippen molar-refractivity contribution in [3.05, 3.63) is 131 Å². The summed E-state index contributed by atoms with van der Waals surface area (Å²) in [4.78, 5) is 0. The summed E-state index contributed by atoms with van der Waals surface area (Å²) in [5.74, 6) is 2.06. The molecule has 0 N–H and O–H groups in total. The van der Waals surface area contributed by atoms with Crippen LogP contribution in [0.1, 0.15) is 113 Å². The minimum Gasteiger partial charge on any atom is -1.00 e. The number of hydrogen-bond donors (Lipinski definition) is 0. The number of halogens is 2. The summed E-state index contributed by atoms with van der Waals surface area (Å²) in [5.41, 5.74) is 11.4. The molecule has 0 bridgehead atoms. The molecule has 0 amide bonds. The van der Waals surface area contributed by atoms with Gasteiger partial charge in [-0.2, -0.15) is 12.1 Å². The molecule has 268 valence electrons. The average molecular weight is 811 g/mol. The predicted octanol–water partition coefficient (Wildman–Crippen LogP) is 8.63. The van der Waals surface area contributed by atoms with Crippen LogP contribution in [0.5, 0.6) is 0 Å². The number of aryl methyl sites for hydroxylation is 1. The molecule has 0 saturated heterocycles. The van der Waals surface area contributed by atoms with Gasteiger partial charge in [-0.15, -0.1) is 69.1 Å². The van der Waals surface area contributed by atoms with Crippen LogP contribution >= 0.6 is 0 Å². The van der Waals surface area contributed by atoms with Gasteiger partial charge in [-0.05, 0) is 65.7 Å². The van der Waals surface area contributed by atoms with Gasteiger partial charge in [-0.25, -0.2) is 0 Å². The van der Waals surface area contributed by atoms with Gasteiger partial charge in [0.05, 0.1) is 0 Å². The standard InChI is InChI=1S/C25H29.C20H21.C2H6Si.2ClH.Zr/c1-3-18(2)19-12-14-21(15-13-19)24-11-7-10-22-16-23(17-25(22)24)20-8-5-4-6-9-20;1-4-15(3)16-8-10-17(11-9-16)19-7-5-6-18-12-14(2)13-20(18)19;1-3-2;;;/h7,10-18,20H,3-6,8-9H2,1-2H3;5-13,15H,4H2,1-3H3;1-2H3;2*1H;/q2*-1;;;;+2/p-2. The first-order valence-corrected chi connectivity index (χ1v) is 24.9. The zero-order chi connectivity index (χ0) is 34.9. The summed E-state index contributed by atoms with van der Waals surface area (Å²) in [6, 6.07) is 41.1. The van der Waals surface area contributed by atoms with Crippen molar-refractivity contribution in [3.63, 3.8) is 0 Å². The normalized spacial score (nSPS) is 13.9. The van der Waals surface area contributed by atoms with Crippen LogP contribution in [0.2, 0.25) is 13.1 Å². The first-order chi connectivity index (χ1) is 23.7. The molecule has 2 unspecified atom stereocenters. The van der Waals surface area contributed by atoms with E-state index < -0.39 is 0 Å². The van der Waals surface area contributed by atoms with Crippen LogP contribution in [0.4, 0.5) is 0 Å². The van der Waals surface area contributed by atoms with Gasteiger partial charge < -0.3 is 24.8 Å². The molecule has 1 aliphatic carbocycles. The fourth-order valence-corrected chi connectivity index (χ4v) is 7.27. The molecule has 1 saturated carbocycles. The maximum Gasteiger partial charge on any atom is -1.00 e. The van der Waals surface area contributed by atoms with Crippen LogP contribution < -0.4 is 24.8 Å². The first-order valence-electron chi connectivity index (χ1n) is 18.8. The summed E-state index contributed by atoms with van der Waals surface area (Å²) in [7, 11) is 0. The molecule has 0 nitrogen and oxygen atoms in total. The van der Waals surface area contributed by atoms with Crippen LogP contribution in [0.25, 0.3) is 43.8 Å². The molecule has 0 aromatic heterocycles. The largest absolute Gasteiger partial charge is 1.00 e. The molecule has 4 heteroatoms. The molecule has 6 aromatic rings. The van der Waals surface area contributed by atoms with Crippen molar-refractivity contribution >= 4 is 27.0 Å². The van der Waals surface area contributed by atoms with Gasteiger partial charge in [0.1, 0.15) is 0 Å². The zero-order valence-electron chi connectivity index (χ0n) is 31.8. The third kappa shape index (κ3) is 11.4. The Balaban J connectivity index is 0.000000245. The predicted molar refractivity (Wildman–Crippen MR) is 215 cm³/mol. The topological polar surface area (TPSA) is 0 Å². The van der Waals surface area contributed by atoms with Crippen molar-refractivity contribution in [2.24, 2.45) is 0 Å². The van der Waals surface area contributed by atoms with Gasteiger partial charge >= 0.3 is 41.9 Å². The Morgan fingerprint density at radius 3 is 1.53 bits per heavy atom. The van der Waals surface area contributed by atoms with E-state index in [0.717, 1.165) is 5.92 Å². The van der Waals surface area contributed by atoms with Crippen molar-refractivity contribution in [1.29, 1.82) is 0 Å². The van der Waals surface area contributed by atoms with Gasteiger partial charge in [0.25, 0.3) is 0 Å². The number of hydrogen-bond acceptors (Lipinski definition) is 0. The summed E-state index contributed by atoms with van der Waals surface area (Å²) in [6.45, 7) is 15.9. The van der Waals surface area contributed by atoms with Gasteiger partial charge in [0.2, 0.25) is 0 Å². The van der Waals surface area contributed by atoms with E-state index in [9.17, 15) is 0 Å². The molecule has 0 aliphatic heterocycles. The SMILES string of the molecule is CCC(C)c1ccc(-c2cccc3[cH-]c(C)cc23)cc1.CCC(C)c1ccc(-c2cccc3[cH-]c(C4CCCCC4)cc23)cc1.C[Si](C)=[Zr+2].[Cl-].[Cl-]. The maximum atomic E-state index is 2.48. The Hall–Kier alpha value is -2.22. The van der Waals surface area contributed by atoms with Gasteiger partial charge in [0.15, 0.2) is 0 Å². The Kier molecular flexibility index (Phi) is 17.7. The van der Waals surface area contributed by atoms with E-state index in [1.54, 1.807) is 28.9 Å². The van der Waals surface area contributed by atoms with Crippen LogP contribution in [0, 0.1) is 6.92 Å². The minimum atomic E-state index is 0. The third-order valence-corrected chi connectivity index (χ3v) is 10.6. The van der Waals surface area contributed by atoms with E-state index in [4.69, 9.17) is 0 Å². The summed E-state index contributed by atoms with van der Waals surface area (Å²) in [5, 5.41) is 5.54. The fraction of sp³-hybridized carbons (Fsp3) is 0.362. The van der Waals surface area contributed by atoms with Gasteiger partial charge in [-0.3, -0.25) is 0 Å². The molecule has 2 atom stereocenters. The number of benzene rings is 4. The maximum absolute atomic E-state index is 2.48. The van der Waals surface area contributed by atoms with E-state index in [1.165, 1.54) is 105 Å². The van der Waals surface area contributed by atoms with E-state index in [2.05, 4.69) is 157 Å². The molecule has 7 rings (SSSR count). The summed E-state index contributed by atoms with van der Waals surface area (Å²) >= 11 is 1.74. The molecule has 51 heavy (non-hydrogen) atoms. The fourth-order valence-electron chi connectivity index (χ4n) is 7.27. The Morgan fingerprint density at radius 1 is 0.647 bits per heavy atom. The molecule has 0 radical (unpaired) electrons. The van der Waals surface area contributed by atoms with Crippen molar-refractivity contribution in [2.75, 3.05) is 0 Å². The minimum absolute atomic E-state index is 0. The molecular weight excluding hydrogens is 755 g/mol.